The van der Waals surface area contributed by atoms with Gasteiger partial charge in [-0.25, -0.2) is 13.2 Å². The van der Waals surface area contributed by atoms with Gasteiger partial charge < -0.3 is 23.9 Å². The van der Waals surface area contributed by atoms with E-state index in [4.69, 9.17) is 19.3 Å². The van der Waals surface area contributed by atoms with Crippen molar-refractivity contribution in [2.75, 3.05) is 19.5 Å². The quantitative estimate of drug-likeness (QED) is 0.139. The van der Waals surface area contributed by atoms with E-state index >= 15 is 0 Å². The van der Waals surface area contributed by atoms with Crippen molar-refractivity contribution in [3.63, 3.8) is 0 Å². The number of carboxylic acids is 1. The lowest BCUT2D eigenvalue weighted by Crippen LogP contribution is -2.12. The molecule has 0 aliphatic carbocycles. The molecule has 10 nitrogen and oxygen atoms in total. The molecule has 7 rings (SSSR count). The normalized spacial score (nSPS) is 13.5. The van der Waals surface area contributed by atoms with E-state index in [1.807, 2.05) is 64.8 Å². The maximum Gasteiger partial charge on any atom is 0.352 e. The van der Waals surface area contributed by atoms with Crippen LogP contribution < -0.4 is 9.47 Å². The van der Waals surface area contributed by atoms with Crippen molar-refractivity contribution < 1.29 is 32.5 Å². The number of carboxylic acid groups (broad SMARTS) is 1. The Hall–Kier alpha value is -5.13. The molecule has 0 bridgehead atoms. The summed E-state index contributed by atoms with van der Waals surface area (Å²) in [7, 11) is -1.27. The SMILES string of the molecule is Cn1nc(COc2ccc(CS(C)(=O)=O)cc2)c2c1COCCCCn1c(C(=O)O)c(CCCOc3cccc4ccccc34)c3cccc-2c31. The summed E-state index contributed by atoms with van der Waals surface area (Å²) < 4.78 is 45.9. The van der Waals surface area contributed by atoms with E-state index in [9.17, 15) is 18.3 Å². The zero-order chi connectivity index (χ0) is 35.5. The molecule has 264 valence electrons. The minimum absolute atomic E-state index is 0.0394. The Morgan fingerprint density at radius 3 is 2.51 bits per heavy atom. The molecule has 0 atom stereocenters. The highest BCUT2D eigenvalue weighted by molar-refractivity contribution is 7.89. The second-order valence-electron chi connectivity index (χ2n) is 13.1. The summed E-state index contributed by atoms with van der Waals surface area (Å²) in [6, 6.07) is 27.2. The lowest BCUT2D eigenvalue weighted by Gasteiger charge is -2.13. The smallest absolute Gasteiger partial charge is 0.352 e. The maximum absolute atomic E-state index is 13.1. The molecule has 0 saturated heterocycles. The Balaban J connectivity index is 1.24. The Bertz CT molecular complexity index is 2320. The third-order valence-electron chi connectivity index (χ3n) is 9.36. The maximum atomic E-state index is 13.1. The van der Waals surface area contributed by atoms with Crippen molar-refractivity contribution in [3.05, 3.63) is 113 Å². The molecule has 11 heteroatoms. The van der Waals surface area contributed by atoms with Crippen molar-refractivity contribution in [2.45, 2.75) is 51.2 Å². The first kappa shape index (κ1) is 34.3. The average Bonchev–Trinajstić information content (AvgIpc) is 3.59. The van der Waals surface area contributed by atoms with Gasteiger partial charge in [0.05, 0.1) is 30.2 Å². The summed E-state index contributed by atoms with van der Waals surface area (Å²) in [5.74, 6) is 0.406. The fourth-order valence-electron chi connectivity index (χ4n) is 7.13. The molecule has 0 amide bonds. The fraction of sp³-hybridized carbons (Fsp3) is 0.300. The monoisotopic (exact) mass is 707 g/mol. The van der Waals surface area contributed by atoms with Crippen LogP contribution in [-0.4, -0.2) is 53.3 Å². The van der Waals surface area contributed by atoms with Crippen LogP contribution in [0.1, 0.15) is 52.3 Å². The standard InChI is InChI=1S/C40H41N3O7S/c1-42-35-25-48-22-6-5-21-43-38-31(32(39(43)40(44)45)15-9-23-49-36-16-7-11-28-10-3-4-12-30(28)36)13-8-14-33(38)37(35)34(41-42)24-50-29-19-17-27(18-20-29)26-51(2,46)47/h3-4,7-8,10-14,16-20H,5-6,9,15,21-26H2,1-2H3,(H,44,45). The first-order valence-corrected chi connectivity index (χ1v) is 19.2. The van der Waals surface area contributed by atoms with Crippen LogP contribution in [0.4, 0.5) is 0 Å². The van der Waals surface area contributed by atoms with E-state index in [1.165, 1.54) is 6.26 Å². The van der Waals surface area contributed by atoms with E-state index in [0.717, 1.165) is 62.7 Å². The fourth-order valence-corrected chi connectivity index (χ4v) is 7.93. The van der Waals surface area contributed by atoms with Crippen LogP contribution in [0, 0.1) is 0 Å². The Morgan fingerprint density at radius 2 is 1.71 bits per heavy atom. The van der Waals surface area contributed by atoms with Gasteiger partial charge in [-0.3, -0.25) is 4.68 Å². The minimum atomic E-state index is -3.15. The summed E-state index contributed by atoms with van der Waals surface area (Å²) in [5, 5.41) is 18.6. The van der Waals surface area contributed by atoms with Crippen molar-refractivity contribution >= 4 is 37.5 Å². The van der Waals surface area contributed by atoms with E-state index in [1.54, 1.807) is 24.3 Å². The number of aromatic carboxylic acids is 1. The number of carbonyl (C=O) groups is 1. The highest BCUT2D eigenvalue weighted by atomic mass is 32.2. The number of fused-ring (bicyclic) bond motifs is 3. The molecule has 51 heavy (non-hydrogen) atoms. The molecule has 0 spiro atoms. The molecule has 0 fully saturated rings. The summed E-state index contributed by atoms with van der Waals surface area (Å²) >= 11 is 0. The number of nitrogens with zero attached hydrogens (tertiary/aromatic N) is 3. The highest BCUT2D eigenvalue weighted by Gasteiger charge is 2.28. The van der Waals surface area contributed by atoms with Gasteiger partial charge in [-0.1, -0.05) is 66.7 Å². The van der Waals surface area contributed by atoms with Crippen molar-refractivity contribution in [1.82, 2.24) is 14.3 Å². The average molecular weight is 708 g/mol. The highest BCUT2D eigenvalue weighted by Crippen LogP contribution is 2.39. The second-order valence-corrected chi connectivity index (χ2v) is 15.2. The van der Waals surface area contributed by atoms with Gasteiger partial charge in [-0.05, 0) is 60.4 Å². The molecule has 3 heterocycles. The Labute approximate surface area is 297 Å². The first-order valence-electron chi connectivity index (χ1n) is 17.2. The van der Waals surface area contributed by atoms with Crippen molar-refractivity contribution in [1.29, 1.82) is 0 Å². The van der Waals surface area contributed by atoms with Gasteiger partial charge in [-0.2, -0.15) is 5.10 Å². The number of ether oxygens (including phenoxy) is 3. The molecule has 2 aromatic heterocycles. The number of para-hydroxylation sites is 1. The molecule has 4 aromatic carbocycles. The van der Waals surface area contributed by atoms with Crippen LogP contribution in [0.2, 0.25) is 0 Å². The first-order chi connectivity index (χ1) is 24.7. The molecule has 1 aliphatic heterocycles. The molecule has 6 aromatic rings. The van der Waals surface area contributed by atoms with Crippen LogP contribution in [0.5, 0.6) is 11.5 Å². The van der Waals surface area contributed by atoms with Gasteiger partial charge in [0.25, 0.3) is 0 Å². The van der Waals surface area contributed by atoms with Gasteiger partial charge in [0, 0.05) is 48.4 Å². The van der Waals surface area contributed by atoms with Gasteiger partial charge in [-0.15, -0.1) is 0 Å². The van der Waals surface area contributed by atoms with Gasteiger partial charge in [0.15, 0.2) is 9.84 Å². The van der Waals surface area contributed by atoms with Crippen molar-refractivity contribution in [3.8, 4) is 22.6 Å². The summed E-state index contributed by atoms with van der Waals surface area (Å²) in [6.45, 7) is 2.01. The number of sulfone groups is 1. The lowest BCUT2D eigenvalue weighted by molar-refractivity contribution is 0.0683. The summed E-state index contributed by atoms with van der Waals surface area (Å²) in [6.07, 6.45) is 3.94. The predicted octanol–water partition coefficient (Wildman–Crippen LogP) is 7.34. The van der Waals surface area contributed by atoms with Gasteiger partial charge in [0.1, 0.15) is 29.5 Å². The van der Waals surface area contributed by atoms with E-state index in [-0.39, 0.29) is 12.4 Å². The molecular weight excluding hydrogens is 667 g/mol. The molecule has 1 aliphatic rings. The zero-order valence-electron chi connectivity index (χ0n) is 28.8. The lowest BCUT2D eigenvalue weighted by atomic mass is 9.98. The van der Waals surface area contributed by atoms with Crippen LogP contribution in [0.25, 0.3) is 32.8 Å². The minimum Gasteiger partial charge on any atom is -0.493 e. The largest absolute Gasteiger partial charge is 0.493 e. The number of rotatable bonds is 11. The summed E-state index contributed by atoms with van der Waals surface area (Å²) in [4.78, 5) is 13.1. The number of aromatic nitrogens is 3. The van der Waals surface area contributed by atoms with Gasteiger partial charge >= 0.3 is 5.97 Å². The van der Waals surface area contributed by atoms with E-state index < -0.39 is 15.8 Å². The third kappa shape index (κ3) is 7.36. The molecule has 0 radical (unpaired) electrons. The van der Waals surface area contributed by atoms with Crippen LogP contribution >= 0.6 is 0 Å². The van der Waals surface area contributed by atoms with Crippen LogP contribution in [0.3, 0.4) is 0 Å². The second kappa shape index (κ2) is 14.6. The van der Waals surface area contributed by atoms with Crippen molar-refractivity contribution in [2.24, 2.45) is 7.05 Å². The Morgan fingerprint density at radius 1 is 0.941 bits per heavy atom. The molecule has 0 saturated carbocycles. The number of benzene rings is 4. The van der Waals surface area contributed by atoms with Crippen LogP contribution in [-0.2, 0) is 53.6 Å². The van der Waals surface area contributed by atoms with E-state index in [0.29, 0.717) is 61.9 Å². The zero-order valence-corrected chi connectivity index (χ0v) is 29.6. The van der Waals surface area contributed by atoms with Crippen LogP contribution in [0.15, 0.2) is 84.9 Å². The Kier molecular flexibility index (Phi) is 9.84. The van der Waals surface area contributed by atoms with Gasteiger partial charge in [0.2, 0.25) is 0 Å². The topological polar surface area (TPSA) is 122 Å². The number of hydrogen-bond acceptors (Lipinski definition) is 7. The van der Waals surface area contributed by atoms with E-state index in [2.05, 4.69) is 12.1 Å². The molecular formula is C40H41N3O7S. The predicted molar refractivity (Wildman–Crippen MR) is 197 cm³/mol. The number of hydrogen-bond donors (Lipinski definition) is 1. The third-order valence-corrected chi connectivity index (χ3v) is 10.2. The molecule has 1 N–H and O–H groups in total. The molecule has 0 unspecified atom stereocenters. The number of aryl methyl sites for hydroxylation is 3. The summed E-state index contributed by atoms with van der Waals surface area (Å²) in [5.41, 5.74) is 5.96.